The third-order valence-corrected chi connectivity index (χ3v) is 4.09. The number of para-hydroxylation sites is 1. The molecule has 4 heteroatoms. The fourth-order valence-corrected chi connectivity index (χ4v) is 3.09. The third-order valence-electron chi connectivity index (χ3n) is 4.09. The van der Waals surface area contributed by atoms with Crippen LogP contribution < -0.4 is 4.74 Å². The first-order valence-electron chi connectivity index (χ1n) is 7.72. The maximum atomic E-state index is 9.12. The molecule has 2 aromatic rings. The normalized spacial score (nSPS) is 16.4. The van der Waals surface area contributed by atoms with E-state index in [1.54, 1.807) is 0 Å². The van der Waals surface area contributed by atoms with Crippen molar-refractivity contribution in [3.63, 3.8) is 0 Å². The molecule has 0 saturated heterocycles. The van der Waals surface area contributed by atoms with Crippen LogP contribution in [-0.2, 0) is 19.5 Å². The van der Waals surface area contributed by atoms with Crippen molar-refractivity contribution in [3.05, 3.63) is 53.3 Å². The first kappa shape index (κ1) is 14.7. The van der Waals surface area contributed by atoms with Crippen LogP contribution in [0.4, 0.5) is 0 Å². The molecule has 1 aliphatic rings. The molecule has 0 bridgehead atoms. The van der Waals surface area contributed by atoms with E-state index in [1.807, 2.05) is 22.8 Å². The predicted molar refractivity (Wildman–Crippen MR) is 85.7 cm³/mol. The minimum atomic E-state index is 0.214. The standard InChI is InChI=1S/C18H21N3O/c1-3-21-12-14(8-16(21)10-19)11-20(2)13-17-9-15-6-4-5-7-18(15)22-17/h4-8,12,17H,3,9,11,13H2,1-2H3. The zero-order valence-electron chi connectivity index (χ0n) is 13.1. The van der Waals surface area contributed by atoms with Crippen molar-refractivity contribution in [2.24, 2.45) is 0 Å². The average Bonchev–Trinajstić information content (AvgIpc) is 3.09. The maximum absolute atomic E-state index is 9.12. The molecule has 0 spiro atoms. The first-order chi connectivity index (χ1) is 10.7. The molecule has 1 aliphatic heterocycles. The van der Waals surface area contributed by atoms with Gasteiger partial charge in [0.15, 0.2) is 0 Å². The van der Waals surface area contributed by atoms with Crippen LogP contribution in [0.15, 0.2) is 36.5 Å². The van der Waals surface area contributed by atoms with E-state index in [0.717, 1.165) is 37.5 Å². The zero-order valence-corrected chi connectivity index (χ0v) is 13.1. The fraction of sp³-hybridized carbons (Fsp3) is 0.389. The molecule has 1 unspecified atom stereocenters. The van der Waals surface area contributed by atoms with E-state index in [9.17, 15) is 0 Å². The Balaban J connectivity index is 1.59. The fourth-order valence-electron chi connectivity index (χ4n) is 3.09. The number of benzene rings is 1. The molecule has 1 aromatic heterocycles. The summed E-state index contributed by atoms with van der Waals surface area (Å²) in [7, 11) is 2.10. The second kappa shape index (κ2) is 6.25. The minimum absolute atomic E-state index is 0.214. The van der Waals surface area contributed by atoms with Gasteiger partial charge in [-0.25, -0.2) is 0 Å². The lowest BCUT2D eigenvalue weighted by molar-refractivity contribution is 0.165. The number of aryl methyl sites for hydroxylation is 1. The van der Waals surface area contributed by atoms with Gasteiger partial charge in [-0.2, -0.15) is 5.26 Å². The van der Waals surface area contributed by atoms with E-state index in [4.69, 9.17) is 10.00 Å². The Bertz CT molecular complexity index is 674. The topological polar surface area (TPSA) is 41.2 Å². The van der Waals surface area contributed by atoms with Crippen molar-refractivity contribution < 1.29 is 4.74 Å². The van der Waals surface area contributed by atoms with Gasteiger partial charge in [-0.15, -0.1) is 0 Å². The SMILES string of the molecule is CCn1cc(CN(C)CC2Cc3ccccc3O2)cc1C#N. The maximum Gasteiger partial charge on any atom is 0.123 e. The summed E-state index contributed by atoms with van der Waals surface area (Å²) in [6.45, 7) is 4.59. The largest absolute Gasteiger partial charge is 0.488 e. The molecular weight excluding hydrogens is 274 g/mol. The van der Waals surface area contributed by atoms with E-state index in [0.29, 0.717) is 0 Å². The molecule has 1 atom stereocenters. The number of ether oxygens (including phenoxy) is 1. The van der Waals surface area contributed by atoms with Crippen molar-refractivity contribution in [1.82, 2.24) is 9.47 Å². The van der Waals surface area contributed by atoms with Gasteiger partial charge in [-0.05, 0) is 37.2 Å². The summed E-state index contributed by atoms with van der Waals surface area (Å²) in [6, 6.07) is 12.5. The van der Waals surface area contributed by atoms with Gasteiger partial charge < -0.3 is 9.30 Å². The summed E-state index contributed by atoms with van der Waals surface area (Å²) in [4.78, 5) is 2.26. The second-order valence-corrected chi connectivity index (χ2v) is 5.88. The van der Waals surface area contributed by atoms with Crippen molar-refractivity contribution in [1.29, 1.82) is 5.26 Å². The highest BCUT2D eigenvalue weighted by Crippen LogP contribution is 2.28. The molecule has 3 rings (SSSR count). The molecule has 0 fully saturated rings. The number of rotatable bonds is 5. The van der Waals surface area contributed by atoms with Crippen LogP contribution in [0.25, 0.3) is 0 Å². The van der Waals surface area contributed by atoms with Gasteiger partial charge in [-0.3, -0.25) is 4.90 Å². The van der Waals surface area contributed by atoms with Gasteiger partial charge in [0, 0.05) is 32.3 Å². The molecule has 2 heterocycles. The summed E-state index contributed by atoms with van der Waals surface area (Å²) >= 11 is 0. The van der Waals surface area contributed by atoms with Gasteiger partial charge in [0.05, 0.1) is 0 Å². The third kappa shape index (κ3) is 3.00. The van der Waals surface area contributed by atoms with E-state index in [1.165, 1.54) is 11.1 Å². The highest BCUT2D eigenvalue weighted by molar-refractivity contribution is 5.37. The van der Waals surface area contributed by atoms with Crippen LogP contribution in [-0.4, -0.2) is 29.2 Å². The highest BCUT2D eigenvalue weighted by atomic mass is 16.5. The Morgan fingerprint density at radius 3 is 2.91 bits per heavy atom. The first-order valence-corrected chi connectivity index (χ1v) is 7.72. The highest BCUT2D eigenvalue weighted by Gasteiger charge is 2.23. The lowest BCUT2D eigenvalue weighted by Crippen LogP contribution is -2.31. The summed E-state index contributed by atoms with van der Waals surface area (Å²) < 4.78 is 7.98. The van der Waals surface area contributed by atoms with E-state index >= 15 is 0 Å². The molecule has 1 aromatic carbocycles. The number of hydrogen-bond donors (Lipinski definition) is 0. The van der Waals surface area contributed by atoms with Crippen LogP contribution in [0.5, 0.6) is 5.75 Å². The quantitative estimate of drug-likeness (QED) is 0.851. The predicted octanol–water partition coefficient (Wildman–Crippen LogP) is 2.82. The van der Waals surface area contributed by atoms with E-state index < -0.39 is 0 Å². The molecule has 114 valence electrons. The lowest BCUT2D eigenvalue weighted by Gasteiger charge is -2.20. The van der Waals surface area contributed by atoms with Crippen molar-refractivity contribution in [3.8, 4) is 11.8 Å². The Morgan fingerprint density at radius 2 is 2.23 bits per heavy atom. The van der Waals surface area contributed by atoms with Gasteiger partial charge in [0.1, 0.15) is 23.6 Å². The number of likely N-dealkylation sites (N-methyl/N-ethyl adjacent to an activating group) is 1. The van der Waals surface area contributed by atoms with Crippen molar-refractivity contribution in [2.75, 3.05) is 13.6 Å². The smallest absolute Gasteiger partial charge is 0.123 e. The van der Waals surface area contributed by atoms with Crippen LogP contribution >= 0.6 is 0 Å². The Hall–Kier alpha value is -2.25. The van der Waals surface area contributed by atoms with Crippen LogP contribution in [0.3, 0.4) is 0 Å². The molecule has 4 nitrogen and oxygen atoms in total. The van der Waals surface area contributed by atoms with Crippen LogP contribution in [0.2, 0.25) is 0 Å². The van der Waals surface area contributed by atoms with Crippen molar-refractivity contribution >= 4 is 0 Å². The molecule has 0 N–H and O–H groups in total. The molecule has 22 heavy (non-hydrogen) atoms. The average molecular weight is 295 g/mol. The second-order valence-electron chi connectivity index (χ2n) is 5.88. The van der Waals surface area contributed by atoms with Gasteiger partial charge in [-0.1, -0.05) is 18.2 Å². The van der Waals surface area contributed by atoms with Gasteiger partial charge in [0.2, 0.25) is 0 Å². The Morgan fingerprint density at radius 1 is 1.41 bits per heavy atom. The minimum Gasteiger partial charge on any atom is -0.488 e. The number of nitrogens with zero attached hydrogens (tertiary/aromatic N) is 3. The summed E-state index contributed by atoms with van der Waals surface area (Å²) in [5.41, 5.74) is 3.21. The Kier molecular flexibility index (Phi) is 4.17. The van der Waals surface area contributed by atoms with Crippen molar-refractivity contribution in [2.45, 2.75) is 32.5 Å². The number of fused-ring (bicyclic) bond motifs is 1. The lowest BCUT2D eigenvalue weighted by atomic mass is 10.1. The molecule has 0 aliphatic carbocycles. The monoisotopic (exact) mass is 295 g/mol. The van der Waals surface area contributed by atoms with E-state index in [2.05, 4.69) is 43.3 Å². The summed E-state index contributed by atoms with van der Waals surface area (Å²) in [5.74, 6) is 1.02. The summed E-state index contributed by atoms with van der Waals surface area (Å²) in [5, 5.41) is 9.12. The van der Waals surface area contributed by atoms with Crippen LogP contribution in [0.1, 0.15) is 23.7 Å². The van der Waals surface area contributed by atoms with Gasteiger partial charge >= 0.3 is 0 Å². The zero-order chi connectivity index (χ0) is 15.5. The molecule has 0 amide bonds. The Labute approximate surface area is 131 Å². The number of aromatic nitrogens is 1. The van der Waals surface area contributed by atoms with Crippen LogP contribution in [0, 0.1) is 11.3 Å². The molecule has 0 radical (unpaired) electrons. The van der Waals surface area contributed by atoms with E-state index in [-0.39, 0.29) is 6.10 Å². The molecular formula is C18H21N3O. The number of hydrogen-bond acceptors (Lipinski definition) is 3. The number of nitriles is 1. The summed E-state index contributed by atoms with van der Waals surface area (Å²) in [6.07, 6.45) is 3.25. The van der Waals surface area contributed by atoms with Gasteiger partial charge in [0.25, 0.3) is 0 Å². The molecule has 0 saturated carbocycles.